The van der Waals surface area contributed by atoms with Crippen LogP contribution in [0.1, 0.15) is 27.3 Å². The lowest BCUT2D eigenvalue weighted by atomic mass is 10.1. The first kappa shape index (κ1) is 15.9. The fourth-order valence-corrected chi connectivity index (χ4v) is 2.57. The predicted octanol–water partition coefficient (Wildman–Crippen LogP) is 1.62. The Morgan fingerprint density at radius 1 is 1.08 bits per heavy atom. The first-order valence-corrected chi connectivity index (χ1v) is 7.42. The number of carboxylic acids is 1. The van der Waals surface area contributed by atoms with E-state index < -0.39 is 11.8 Å². The first-order valence-electron chi connectivity index (χ1n) is 7.42. The summed E-state index contributed by atoms with van der Waals surface area (Å²) in [6, 6.07) is 8.78. The fourth-order valence-electron chi connectivity index (χ4n) is 2.57. The Hall–Kier alpha value is -3.03. The number of benzene rings is 1. The Bertz CT molecular complexity index is 766. The van der Waals surface area contributed by atoms with Crippen LogP contribution in [0.5, 0.6) is 0 Å². The highest BCUT2D eigenvalue weighted by Gasteiger charge is 2.25. The van der Waals surface area contributed by atoms with Crippen LogP contribution in [0.15, 0.2) is 36.4 Å². The largest absolute Gasteiger partial charge is 0.476 e. The molecule has 24 heavy (non-hydrogen) atoms. The number of carboxylic acid groups (broad SMARTS) is 1. The SMILES string of the molecule is O=C(O)c1ccc(N2CCCN(C(=O)c3ccccc3F)C2)nn1. The van der Waals surface area contributed by atoms with Crippen molar-refractivity contribution >= 4 is 17.7 Å². The number of hydrogen-bond donors (Lipinski definition) is 1. The van der Waals surface area contributed by atoms with Crippen molar-refractivity contribution in [2.24, 2.45) is 0 Å². The molecule has 0 aliphatic carbocycles. The van der Waals surface area contributed by atoms with Gasteiger partial charge >= 0.3 is 5.97 Å². The summed E-state index contributed by atoms with van der Waals surface area (Å²) >= 11 is 0. The Morgan fingerprint density at radius 2 is 1.88 bits per heavy atom. The van der Waals surface area contributed by atoms with Gasteiger partial charge in [-0.3, -0.25) is 4.79 Å². The number of halogens is 1. The van der Waals surface area contributed by atoms with E-state index in [-0.39, 0.29) is 23.8 Å². The highest BCUT2D eigenvalue weighted by Crippen LogP contribution is 2.18. The van der Waals surface area contributed by atoms with Crippen LogP contribution in [0.25, 0.3) is 0 Å². The van der Waals surface area contributed by atoms with Crippen LogP contribution in [-0.2, 0) is 0 Å². The summed E-state index contributed by atoms with van der Waals surface area (Å²) in [4.78, 5) is 26.6. The van der Waals surface area contributed by atoms with Gasteiger partial charge in [0.05, 0.1) is 12.2 Å². The fraction of sp³-hybridized carbons (Fsp3) is 0.250. The molecule has 0 radical (unpaired) electrons. The van der Waals surface area contributed by atoms with Gasteiger partial charge in [-0.1, -0.05) is 12.1 Å². The molecule has 1 fully saturated rings. The maximum atomic E-state index is 13.8. The van der Waals surface area contributed by atoms with E-state index in [0.717, 1.165) is 0 Å². The zero-order valence-corrected chi connectivity index (χ0v) is 12.7. The van der Waals surface area contributed by atoms with Gasteiger partial charge in [-0.25, -0.2) is 9.18 Å². The normalized spacial score (nSPS) is 14.5. The molecule has 0 bridgehead atoms. The maximum Gasteiger partial charge on any atom is 0.356 e. The van der Waals surface area contributed by atoms with Crippen LogP contribution in [0.2, 0.25) is 0 Å². The third kappa shape index (κ3) is 3.17. The second kappa shape index (κ2) is 6.61. The summed E-state index contributed by atoms with van der Waals surface area (Å²) in [5.74, 6) is -1.60. The van der Waals surface area contributed by atoms with Crippen LogP contribution in [0.4, 0.5) is 10.2 Å². The Morgan fingerprint density at radius 3 is 2.54 bits per heavy atom. The van der Waals surface area contributed by atoms with Gasteiger partial charge in [0.2, 0.25) is 0 Å². The molecule has 0 unspecified atom stereocenters. The van der Waals surface area contributed by atoms with Gasteiger partial charge in [0, 0.05) is 13.1 Å². The third-order valence-corrected chi connectivity index (χ3v) is 3.78. The average Bonchev–Trinajstić information content (AvgIpc) is 2.62. The molecule has 1 aromatic carbocycles. The van der Waals surface area contributed by atoms with Crippen LogP contribution < -0.4 is 4.90 Å². The minimum Gasteiger partial charge on any atom is -0.476 e. The first-order chi connectivity index (χ1) is 11.6. The molecule has 1 N–H and O–H groups in total. The quantitative estimate of drug-likeness (QED) is 0.920. The molecule has 7 nitrogen and oxygen atoms in total. The molecule has 1 saturated heterocycles. The van der Waals surface area contributed by atoms with E-state index in [1.807, 2.05) is 0 Å². The number of aromatic nitrogens is 2. The van der Waals surface area contributed by atoms with Crippen LogP contribution in [-0.4, -0.2) is 51.8 Å². The van der Waals surface area contributed by atoms with Crippen LogP contribution in [0.3, 0.4) is 0 Å². The molecule has 0 atom stereocenters. The molecule has 124 valence electrons. The smallest absolute Gasteiger partial charge is 0.356 e. The van der Waals surface area contributed by atoms with E-state index in [4.69, 9.17) is 5.11 Å². The molecule has 0 saturated carbocycles. The highest BCUT2D eigenvalue weighted by atomic mass is 19.1. The van der Waals surface area contributed by atoms with E-state index in [0.29, 0.717) is 25.3 Å². The van der Waals surface area contributed by atoms with Crippen molar-refractivity contribution < 1.29 is 19.1 Å². The second-order valence-corrected chi connectivity index (χ2v) is 5.39. The number of carbonyl (C=O) groups is 2. The lowest BCUT2D eigenvalue weighted by Gasteiger charge is -2.36. The van der Waals surface area contributed by atoms with Crippen LogP contribution in [0, 0.1) is 5.82 Å². The van der Waals surface area contributed by atoms with Gasteiger partial charge in [-0.2, -0.15) is 0 Å². The molecule has 2 heterocycles. The minimum absolute atomic E-state index is 0.0339. The number of aromatic carboxylic acids is 1. The van der Waals surface area contributed by atoms with Gasteiger partial charge in [-0.15, -0.1) is 10.2 Å². The number of hydrogen-bond acceptors (Lipinski definition) is 5. The highest BCUT2D eigenvalue weighted by molar-refractivity contribution is 5.94. The molecule has 8 heteroatoms. The topological polar surface area (TPSA) is 86.6 Å². The number of carbonyl (C=O) groups excluding carboxylic acids is 1. The predicted molar refractivity (Wildman–Crippen MR) is 83.3 cm³/mol. The summed E-state index contributed by atoms with van der Waals surface area (Å²) in [5, 5.41) is 16.4. The lowest BCUT2D eigenvalue weighted by Crippen LogP contribution is -2.48. The summed E-state index contributed by atoms with van der Waals surface area (Å²) in [7, 11) is 0. The van der Waals surface area contributed by atoms with E-state index in [1.165, 1.54) is 29.2 Å². The number of rotatable bonds is 3. The molecule has 1 aliphatic rings. The number of amides is 1. The average molecular weight is 330 g/mol. The van der Waals surface area contributed by atoms with E-state index in [9.17, 15) is 14.0 Å². The van der Waals surface area contributed by atoms with E-state index in [1.54, 1.807) is 17.0 Å². The standard InChI is InChI=1S/C16H15FN4O3/c17-12-5-2-1-4-11(12)15(22)21-9-3-8-20(10-21)14-7-6-13(16(23)24)18-19-14/h1-2,4-7H,3,8-10H2,(H,23,24). The summed E-state index contributed by atoms with van der Waals surface area (Å²) in [5.41, 5.74) is -0.110. The third-order valence-electron chi connectivity index (χ3n) is 3.78. The summed E-state index contributed by atoms with van der Waals surface area (Å²) in [6.07, 6.45) is 0.697. The van der Waals surface area contributed by atoms with Crippen molar-refractivity contribution in [1.29, 1.82) is 0 Å². The molecule has 1 aromatic heterocycles. The van der Waals surface area contributed by atoms with Gasteiger partial charge in [0.15, 0.2) is 11.5 Å². The minimum atomic E-state index is -1.15. The molecule has 2 aromatic rings. The van der Waals surface area contributed by atoms with E-state index in [2.05, 4.69) is 10.2 Å². The monoisotopic (exact) mass is 330 g/mol. The van der Waals surface area contributed by atoms with Gasteiger partial charge in [-0.05, 0) is 30.7 Å². The second-order valence-electron chi connectivity index (χ2n) is 5.39. The van der Waals surface area contributed by atoms with Crippen molar-refractivity contribution in [1.82, 2.24) is 15.1 Å². The maximum absolute atomic E-state index is 13.8. The van der Waals surface area contributed by atoms with Crippen LogP contribution >= 0.6 is 0 Å². The van der Waals surface area contributed by atoms with Gasteiger partial charge in [0.25, 0.3) is 5.91 Å². The van der Waals surface area contributed by atoms with Gasteiger partial charge in [0.1, 0.15) is 5.82 Å². The number of anilines is 1. The molecule has 1 amide bonds. The lowest BCUT2D eigenvalue weighted by molar-refractivity contribution is 0.0688. The van der Waals surface area contributed by atoms with Crippen molar-refractivity contribution in [2.75, 3.05) is 24.7 Å². The van der Waals surface area contributed by atoms with Crippen molar-refractivity contribution in [3.05, 3.63) is 53.5 Å². The van der Waals surface area contributed by atoms with E-state index >= 15 is 0 Å². The Labute approximate surface area is 137 Å². The Kier molecular flexibility index (Phi) is 4.37. The van der Waals surface area contributed by atoms with Crippen molar-refractivity contribution in [3.8, 4) is 0 Å². The summed E-state index contributed by atoms with van der Waals surface area (Å²) < 4.78 is 13.8. The molecule has 1 aliphatic heterocycles. The molecular weight excluding hydrogens is 315 g/mol. The zero-order valence-electron chi connectivity index (χ0n) is 12.7. The van der Waals surface area contributed by atoms with Crippen molar-refractivity contribution in [2.45, 2.75) is 6.42 Å². The molecule has 0 spiro atoms. The molecular formula is C16H15FN4O3. The summed E-state index contributed by atoms with van der Waals surface area (Å²) in [6.45, 7) is 1.42. The van der Waals surface area contributed by atoms with Gasteiger partial charge < -0.3 is 14.9 Å². The molecule has 3 rings (SSSR count). The Balaban J connectivity index is 1.75. The van der Waals surface area contributed by atoms with Crippen molar-refractivity contribution in [3.63, 3.8) is 0 Å². The number of nitrogens with zero attached hydrogens (tertiary/aromatic N) is 4. The zero-order chi connectivity index (χ0) is 17.1.